The third kappa shape index (κ3) is 6.56. The number of carboxylic acid groups (broad SMARTS) is 1. The second-order valence-electron chi connectivity index (χ2n) is 5.29. The van der Waals surface area contributed by atoms with Crippen LogP contribution in [-0.2, 0) is 9.59 Å². The maximum absolute atomic E-state index is 11.6. The lowest BCUT2D eigenvalue weighted by atomic mass is 9.94. The lowest BCUT2D eigenvalue weighted by Gasteiger charge is -2.20. The molecule has 0 aromatic rings. The van der Waals surface area contributed by atoms with Crippen molar-refractivity contribution in [3.8, 4) is 0 Å². The molecular formula is C12H24N2O4. The van der Waals surface area contributed by atoms with Crippen LogP contribution < -0.4 is 11.1 Å². The first-order chi connectivity index (χ1) is 8.19. The first kappa shape index (κ1) is 16.9. The lowest BCUT2D eigenvalue weighted by Crippen LogP contribution is -2.47. The molecule has 6 nitrogen and oxygen atoms in total. The number of amides is 1. The van der Waals surface area contributed by atoms with E-state index in [0.717, 1.165) is 13.3 Å². The Hall–Kier alpha value is -1.14. The molecule has 18 heavy (non-hydrogen) atoms. The molecule has 0 spiro atoms. The van der Waals surface area contributed by atoms with Gasteiger partial charge in [0.05, 0.1) is 6.54 Å². The van der Waals surface area contributed by atoms with Gasteiger partial charge < -0.3 is 21.3 Å². The quantitative estimate of drug-likeness (QED) is 0.489. The molecule has 0 aliphatic heterocycles. The summed E-state index contributed by atoms with van der Waals surface area (Å²) in [7, 11) is 0. The zero-order valence-corrected chi connectivity index (χ0v) is 11.3. The highest BCUT2D eigenvalue weighted by Crippen LogP contribution is 2.14. The average molecular weight is 260 g/mol. The number of hydrogen-bond donors (Lipinski definition) is 4. The van der Waals surface area contributed by atoms with Crippen LogP contribution >= 0.6 is 0 Å². The van der Waals surface area contributed by atoms with Gasteiger partial charge in [-0.1, -0.05) is 13.8 Å². The van der Waals surface area contributed by atoms with Gasteiger partial charge in [-0.15, -0.1) is 0 Å². The predicted octanol–water partition coefficient (Wildman–Crippen LogP) is -0.0507. The van der Waals surface area contributed by atoms with E-state index in [9.17, 15) is 14.7 Å². The third-order valence-corrected chi connectivity index (χ3v) is 2.70. The first-order valence-electron chi connectivity index (χ1n) is 6.11. The molecule has 0 saturated heterocycles. The van der Waals surface area contributed by atoms with Gasteiger partial charge in [0.15, 0.2) is 5.60 Å². The highest BCUT2D eigenvalue weighted by molar-refractivity contribution is 5.80. The monoisotopic (exact) mass is 260 g/mol. The van der Waals surface area contributed by atoms with Gasteiger partial charge in [0, 0.05) is 6.42 Å². The van der Waals surface area contributed by atoms with Crippen molar-refractivity contribution in [2.45, 2.75) is 39.2 Å². The Labute approximate surface area is 108 Å². The van der Waals surface area contributed by atoms with Crippen LogP contribution in [0.15, 0.2) is 0 Å². The smallest absolute Gasteiger partial charge is 0.337 e. The Bertz CT molecular complexity index is 290. The topological polar surface area (TPSA) is 113 Å². The van der Waals surface area contributed by atoms with Crippen LogP contribution in [0, 0.1) is 11.8 Å². The summed E-state index contributed by atoms with van der Waals surface area (Å²) in [4.78, 5) is 22.2. The molecule has 6 heteroatoms. The summed E-state index contributed by atoms with van der Waals surface area (Å²) in [5.41, 5.74) is 3.64. The summed E-state index contributed by atoms with van der Waals surface area (Å²) in [6.45, 7) is 5.36. The van der Waals surface area contributed by atoms with E-state index in [1.807, 2.05) is 0 Å². The molecule has 0 rings (SSSR count). The molecule has 106 valence electrons. The number of hydrogen-bond acceptors (Lipinski definition) is 4. The summed E-state index contributed by atoms with van der Waals surface area (Å²) in [6, 6.07) is 0. The third-order valence-electron chi connectivity index (χ3n) is 2.70. The molecule has 0 aromatic carbocycles. The SMILES string of the molecule is CC(C)C[C@H](CN)CC(=O)NCC(C)(O)C(=O)O. The number of aliphatic hydroxyl groups is 1. The van der Waals surface area contributed by atoms with Gasteiger partial charge in [-0.05, 0) is 31.7 Å². The van der Waals surface area contributed by atoms with E-state index < -0.39 is 11.6 Å². The van der Waals surface area contributed by atoms with Gasteiger partial charge in [0.1, 0.15) is 0 Å². The van der Waals surface area contributed by atoms with Crippen molar-refractivity contribution in [2.75, 3.05) is 13.1 Å². The van der Waals surface area contributed by atoms with E-state index in [1.54, 1.807) is 0 Å². The van der Waals surface area contributed by atoms with E-state index in [0.29, 0.717) is 12.5 Å². The highest BCUT2D eigenvalue weighted by atomic mass is 16.4. The normalized spacial score (nSPS) is 16.1. The van der Waals surface area contributed by atoms with Crippen molar-refractivity contribution >= 4 is 11.9 Å². The van der Waals surface area contributed by atoms with Crippen molar-refractivity contribution in [1.82, 2.24) is 5.32 Å². The number of rotatable bonds is 8. The van der Waals surface area contributed by atoms with Crippen LogP contribution in [0.3, 0.4) is 0 Å². The summed E-state index contributed by atoms with van der Waals surface area (Å²) in [5.74, 6) is -1.11. The zero-order valence-electron chi connectivity index (χ0n) is 11.3. The van der Waals surface area contributed by atoms with Crippen molar-refractivity contribution in [1.29, 1.82) is 0 Å². The molecule has 0 fully saturated rings. The molecule has 5 N–H and O–H groups in total. The van der Waals surface area contributed by atoms with E-state index in [-0.39, 0.29) is 24.8 Å². The van der Waals surface area contributed by atoms with E-state index >= 15 is 0 Å². The predicted molar refractivity (Wildman–Crippen MR) is 67.9 cm³/mol. The maximum atomic E-state index is 11.6. The Morgan fingerprint density at radius 1 is 1.39 bits per heavy atom. The maximum Gasteiger partial charge on any atom is 0.337 e. The molecular weight excluding hydrogens is 236 g/mol. The molecule has 0 saturated carbocycles. The summed E-state index contributed by atoms with van der Waals surface area (Å²) in [5, 5.41) is 20.5. The van der Waals surface area contributed by atoms with Crippen LogP contribution in [0.4, 0.5) is 0 Å². The molecule has 1 amide bonds. The zero-order chi connectivity index (χ0) is 14.3. The standard InChI is InChI=1S/C12H24N2O4/c1-8(2)4-9(6-13)5-10(15)14-7-12(3,18)11(16)17/h8-9,18H,4-7,13H2,1-3H3,(H,14,15)(H,16,17)/t9-,12?/m0/s1. The molecule has 0 bridgehead atoms. The van der Waals surface area contributed by atoms with Crippen molar-refractivity contribution in [3.05, 3.63) is 0 Å². The first-order valence-corrected chi connectivity index (χ1v) is 6.11. The summed E-state index contributed by atoms with van der Waals surface area (Å²) in [6.07, 6.45) is 1.10. The van der Waals surface area contributed by atoms with E-state index in [4.69, 9.17) is 10.8 Å². The van der Waals surface area contributed by atoms with E-state index in [1.165, 1.54) is 0 Å². The molecule has 0 radical (unpaired) electrons. The van der Waals surface area contributed by atoms with Gasteiger partial charge in [-0.25, -0.2) is 4.79 Å². The van der Waals surface area contributed by atoms with Crippen molar-refractivity contribution < 1.29 is 19.8 Å². The van der Waals surface area contributed by atoms with Crippen molar-refractivity contribution in [2.24, 2.45) is 17.6 Å². The fraction of sp³-hybridized carbons (Fsp3) is 0.833. The van der Waals surface area contributed by atoms with Crippen LogP contribution in [0.2, 0.25) is 0 Å². The van der Waals surface area contributed by atoms with Gasteiger partial charge in [0.25, 0.3) is 0 Å². The van der Waals surface area contributed by atoms with Crippen LogP contribution in [0.5, 0.6) is 0 Å². The Balaban J connectivity index is 4.14. The lowest BCUT2D eigenvalue weighted by molar-refractivity contribution is -0.156. The minimum Gasteiger partial charge on any atom is -0.479 e. The minimum absolute atomic E-state index is 0.0831. The molecule has 0 aliphatic carbocycles. The molecule has 0 aliphatic rings. The fourth-order valence-corrected chi connectivity index (χ4v) is 1.61. The number of carbonyl (C=O) groups is 2. The molecule has 2 atom stereocenters. The fourth-order valence-electron chi connectivity index (χ4n) is 1.61. The second kappa shape index (κ2) is 7.33. The Kier molecular flexibility index (Phi) is 6.86. The largest absolute Gasteiger partial charge is 0.479 e. The van der Waals surface area contributed by atoms with Gasteiger partial charge >= 0.3 is 5.97 Å². The number of carboxylic acids is 1. The average Bonchev–Trinajstić information content (AvgIpc) is 2.24. The van der Waals surface area contributed by atoms with Gasteiger partial charge in [0.2, 0.25) is 5.91 Å². The molecule has 1 unspecified atom stereocenters. The Morgan fingerprint density at radius 3 is 2.33 bits per heavy atom. The molecule has 0 heterocycles. The number of carbonyl (C=O) groups excluding carboxylic acids is 1. The van der Waals surface area contributed by atoms with Crippen LogP contribution in [0.1, 0.15) is 33.6 Å². The minimum atomic E-state index is -1.94. The van der Waals surface area contributed by atoms with Gasteiger partial charge in [-0.3, -0.25) is 4.79 Å². The Morgan fingerprint density at radius 2 is 1.94 bits per heavy atom. The number of nitrogens with one attached hydrogen (secondary N) is 1. The van der Waals surface area contributed by atoms with Gasteiger partial charge in [-0.2, -0.15) is 0 Å². The summed E-state index contributed by atoms with van der Waals surface area (Å²) < 4.78 is 0. The highest BCUT2D eigenvalue weighted by Gasteiger charge is 2.30. The summed E-state index contributed by atoms with van der Waals surface area (Å²) >= 11 is 0. The molecule has 0 aromatic heterocycles. The number of aliphatic carboxylic acids is 1. The number of nitrogens with two attached hydrogens (primary N) is 1. The van der Waals surface area contributed by atoms with Crippen molar-refractivity contribution in [3.63, 3.8) is 0 Å². The van der Waals surface area contributed by atoms with E-state index in [2.05, 4.69) is 19.2 Å². The van der Waals surface area contributed by atoms with Crippen LogP contribution in [-0.4, -0.2) is 40.8 Å². The second-order valence-corrected chi connectivity index (χ2v) is 5.29. The van der Waals surface area contributed by atoms with Crippen LogP contribution in [0.25, 0.3) is 0 Å².